The van der Waals surface area contributed by atoms with Crippen molar-refractivity contribution in [1.82, 2.24) is 5.32 Å². The van der Waals surface area contributed by atoms with Crippen LogP contribution in [-0.2, 0) is 0 Å². The molecule has 4 heteroatoms. The van der Waals surface area contributed by atoms with Gasteiger partial charge in [0, 0.05) is 18.8 Å². The Morgan fingerprint density at radius 1 is 1.09 bits per heavy atom. The molecule has 2 aromatic carbocycles. The first-order valence-electron chi connectivity index (χ1n) is 7.61. The largest absolute Gasteiger partial charge is 0.454 e. The van der Waals surface area contributed by atoms with E-state index in [0.717, 1.165) is 30.2 Å². The highest BCUT2D eigenvalue weighted by molar-refractivity contribution is 5.57. The van der Waals surface area contributed by atoms with Crippen LogP contribution in [0.1, 0.15) is 18.0 Å². The average molecular weight is 298 g/mol. The molecule has 1 aliphatic heterocycles. The zero-order valence-corrected chi connectivity index (χ0v) is 13.1. The Kier molecular flexibility index (Phi) is 4.49. The minimum atomic E-state index is 0.310. The molecular formula is C18H22N2O2. The first-order valence-corrected chi connectivity index (χ1v) is 7.61. The number of anilines is 1. The Morgan fingerprint density at radius 3 is 2.64 bits per heavy atom. The fraction of sp³-hybridized carbons (Fsp3) is 0.333. The van der Waals surface area contributed by atoms with Gasteiger partial charge in [-0.2, -0.15) is 0 Å². The van der Waals surface area contributed by atoms with Gasteiger partial charge in [0.2, 0.25) is 6.79 Å². The molecule has 0 radical (unpaired) electrons. The molecule has 1 heterocycles. The van der Waals surface area contributed by atoms with Gasteiger partial charge < -0.3 is 19.7 Å². The predicted octanol–water partition coefficient (Wildman–Crippen LogP) is 3.20. The van der Waals surface area contributed by atoms with Crippen molar-refractivity contribution in [2.24, 2.45) is 0 Å². The van der Waals surface area contributed by atoms with Gasteiger partial charge in [-0.3, -0.25) is 0 Å². The average Bonchev–Trinajstić information content (AvgIpc) is 3.03. The number of fused-ring (bicyclic) bond motifs is 1. The molecule has 0 aromatic heterocycles. The Hall–Kier alpha value is -2.20. The van der Waals surface area contributed by atoms with E-state index in [-0.39, 0.29) is 0 Å². The molecule has 1 unspecified atom stereocenters. The van der Waals surface area contributed by atoms with Gasteiger partial charge in [0.15, 0.2) is 11.5 Å². The van der Waals surface area contributed by atoms with Crippen molar-refractivity contribution in [3.63, 3.8) is 0 Å². The summed E-state index contributed by atoms with van der Waals surface area (Å²) >= 11 is 0. The van der Waals surface area contributed by atoms with Crippen molar-refractivity contribution in [3.8, 4) is 11.5 Å². The van der Waals surface area contributed by atoms with Gasteiger partial charge in [0.1, 0.15) is 0 Å². The highest BCUT2D eigenvalue weighted by Gasteiger charge is 2.20. The van der Waals surface area contributed by atoms with Crippen molar-refractivity contribution >= 4 is 5.69 Å². The lowest BCUT2D eigenvalue weighted by Crippen LogP contribution is -2.27. The Bertz CT molecular complexity index is 616. The van der Waals surface area contributed by atoms with Crippen molar-refractivity contribution in [2.75, 3.05) is 32.3 Å². The summed E-state index contributed by atoms with van der Waals surface area (Å²) in [5.74, 6) is 1.65. The quantitative estimate of drug-likeness (QED) is 0.888. The minimum absolute atomic E-state index is 0.310. The van der Waals surface area contributed by atoms with E-state index >= 15 is 0 Å². The second-order valence-corrected chi connectivity index (χ2v) is 5.47. The van der Waals surface area contributed by atoms with Crippen molar-refractivity contribution in [1.29, 1.82) is 0 Å². The molecule has 0 saturated heterocycles. The van der Waals surface area contributed by atoms with Gasteiger partial charge in [-0.25, -0.2) is 0 Å². The SMILES string of the molecule is CNCCC(c1ccccc1)N(C)c1ccc2c(c1)OCO2. The van der Waals surface area contributed by atoms with Gasteiger partial charge in [0.05, 0.1) is 6.04 Å². The van der Waals surface area contributed by atoms with Crippen LogP contribution in [0.4, 0.5) is 5.69 Å². The fourth-order valence-electron chi connectivity index (χ4n) is 2.82. The zero-order valence-electron chi connectivity index (χ0n) is 13.1. The van der Waals surface area contributed by atoms with Crippen LogP contribution in [0.15, 0.2) is 48.5 Å². The van der Waals surface area contributed by atoms with Crippen molar-refractivity contribution in [2.45, 2.75) is 12.5 Å². The summed E-state index contributed by atoms with van der Waals surface area (Å²) in [6, 6.07) is 17.0. The monoisotopic (exact) mass is 298 g/mol. The van der Waals surface area contributed by atoms with Gasteiger partial charge in [-0.15, -0.1) is 0 Å². The van der Waals surface area contributed by atoms with Crippen LogP contribution >= 0.6 is 0 Å². The number of nitrogens with zero attached hydrogens (tertiary/aromatic N) is 1. The Labute approximate surface area is 131 Å². The number of hydrogen-bond acceptors (Lipinski definition) is 4. The maximum Gasteiger partial charge on any atom is 0.231 e. The van der Waals surface area contributed by atoms with Crippen LogP contribution in [0.3, 0.4) is 0 Å². The lowest BCUT2D eigenvalue weighted by Gasteiger charge is -2.31. The second kappa shape index (κ2) is 6.71. The zero-order chi connectivity index (χ0) is 15.4. The van der Waals surface area contributed by atoms with Crippen molar-refractivity contribution in [3.05, 3.63) is 54.1 Å². The molecule has 0 spiro atoms. The van der Waals surface area contributed by atoms with Crippen molar-refractivity contribution < 1.29 is 9.47 Å². The van der Waals surface area contributed by atoms with E-state index in [0.29, 0.717) is 12.8 Å². The number of ether oxygens (including phenoxy) is 2. The molecular weight excluding hydrogens is 276 g/mol. The lowest BCUT2D eigenvalue weighted by molar-refractivity contribution is 0.174. The summed E-state index contributed by atoms with van der Waals surface area (Å²) in [6.07, 6.45) is 1.03. The van der Waals surface area contributed by atoms with Gasteiger partial charge in [0.25, 0.3) is 0 Å². The summed E-state index contributed by atoms with van der Waals surface area (Å²) < 4.78 is 10.9. The molecule has 0 saturated carbocycles. The van der Waals surface area contributed by atoms with Crippen LogP contribution in [-0.4, -0.2) is 27.4 Å². The molecule has 0 amide bonds. The fourth-order valence-corrected chi connectivity index (χ4v) is 2.82. The molecule has 0 bridgehead atoms. The van der Waals surface area contributed by atoms with Crippen LogP contribution < -0.4 is 19.7 Å². The van der Waals surface area contributed by atoms with E-state index in [1.54, 1.807) is 0 Å². The van der Waals surface area contributed by atoms with E-state index < -0.39 is 0 Å². The number of benzene rings is 2. The Balaban J connectivity index is 1.86. The molecule has 4 nitrogen and oxygen atoms in total. The van der Waals surface area contributed by atoms with E-state index in [4.69, 9.17) is 9.47 Å². The standard InChI is InChI=1S/C18H22N2O2/c1-19-11-10-16(14-6-4-3-5-7-14)20(2)15-8-9-17-18(12-15)22-13-21-17/h3-9,12,16,19H,10-11,13H2,1-2H3. The summed E-state index contributed by atoms with van der Waals surface area (Å²) in [5.41, 5.74) is 2.45. The van der Waals surface area contributed by atoms with E-state index in [9.17, 15) is 0 Å². The van der Waals surface area contributed by atoms with Gasteiger partial charge >= 0.3 is 0 Å². The van der Waals surface area contributed by atoms with E-state index in [2.05, 4.69) is 59.7 Å². The first-order chi connectivity index (χ1) is 10.8. The lowest BCUT2D eigenvalue weighted by atomic mass is 10.0. The highest BCUT2D eigenvalue weighted by Crippen LogP contribution is 2.37. The van der Waals surface area contributed by atoms with Crippen LogP contribution in [0, 0.1) is 0 Å². The highest BCUT2D eigenvalue weighted by atomic mass is 16.7. The molecule has 2 aromatic rings. The van der Waals surface area contributed by atoms with Gasteiger partial charge in [-0.1, -0.05) is 30.3 Å². The van der Waals surface area contributed by atoms with Gasteiger partial charge in [-0.05, 0) is 37.7 Å². The normalized spacial score (nSPS) is 13.9. The Morgan fingerprint density at radius 2 is 1.86 bits per heavy atom. The van der Waals surface area contributed by atoms with Crippen LogP contribution in [0.25, 0.3) is 0 Å². The molecule has 0 fully saturated rings. The molecule has 1 atom stereocenters. The minimum Gasteiger partial charge on any atom is -0.454 e. The first kappa shape index (κ1) is 14.7. The molecule has 116 valence electrons. The number of rotatable bonds is 6. The number of nitrogens with one attached hydrogen (secondary N) is 1. The maximum absolute atomic E-state index is 5.49. The summed E-state index contributed by atoms with van der Waals surface area (Å²) in [5, 5.41) is 3.24. The topological polar surface area (TPSA) is 33.7 Å². The van der Waals surface area contributed by atoms with Crippen LogP contribution in [0.5, 0.6) is 11.5 Å². The smallest absolute Gasteiger partial charge is 0.231 e. The molecule has 3 rings (SSSR count). The summed E-state index contributed by atoms with van der Waals surface area (Å²) in [7, 11) is 4.12. The third kappa shape index (κ3) is 3.02. The maximum atomic E-state index is 5.49. The van der Waals surface area contributed by atoms with Crippen LogP contribution in [0.2, 0.25) is 0 Å². The number of hydrogen-bond donors (Lipinski definition) is 1. The van der Waals surface area contributed by atoms with E-state index in [1.807, 2.05) is 13.1 Å². The molecule has 1 aliphatic rings. The molecule has 1 N–H and O–H groups in total. The molecule has 22 heavy (non-hydrogen) atoms. The predicted molar refractivity (Wildman–Crippen MR) is 88.7 cm³/mol. The second-order valence-electron chi connectivity index (χ2n) is 5.47. The third-order valence-corrected chi connectivity index (χ3v) is 4.08. The summed E-state index contributed by atoms with van der Waals surface area (Å²) in [6.45, 7) is 1.28. The summed E-state index contributed by atoms with van der Waals surface area (Å²) in [4.78, 5) is 2.30. The molecule has 0 aliphatic carbocycles. The van der Waals surface area contributed by atoms with E-state index in [1.165, 1.54) is 5.56 Å². The third-order valence-electron chi connectivity index (χ3n) is 4.08.